The van der Waals surface area contributed by atoms with Crippen LogP contribution in [-0.4, -0.2) is 61.4 Å². The first kappa shape index (κ1) is 18.3. The maximum Gasteiger partial charge on any atom is 1.00 e. The number of aliphatic hydroxyl groups excluding tert-OH is 4. The minimum atomic E-state index is -1.77. The van der Waals surface area contributed by atoms with Gasteiger partial charge in [-0.1, -0.05) is 0 Å². The fourth-order valence-electron chi connectivity index (χ4n) is 2.07. The second kappa shape index (κ2) is 7.03. The van der Waals surface area contributed by atoms with Crippen LogP contribution < -0.4 is 45.9 Å². The number of rotatable bonds is 2. The summed E-state index contributed by atoms with van der Waals surface area (Å²) in [6.45, 7) is -0.698. The molecule has 112 valence electrons. The van der Waals surface area contributed by atoms with E-state index in [1.54, 1.807) is 9.97 Å². The minimum Gasteiger partial charge on any atom is -0.860 e. The molecule has 11 heteroatoms. The van der Waals surface area contributed by atoms with Crippen LogP contribution in [0.5, 0.6) is 5.88 Å². The Balaban J connectivity index is 0.00000220. The molecule has 6 N–H and O–H groups in total. The SMILES string of the molecule is O=c1[nH]c([O-])c([C@@H]2O[C@H](CO)[C@@H](O)[C@H](O)[C@H]2O)c(=O)[nH]1.[Na+]. The number of hydrogen-bond donors (Lipinski definition) is 6. The number of aromatic amines is 2. The van der Waals surface area contributed by atoms with Gasteiger partial charge in [0.25, 0.3) is 5.56 Å². The summed E-state index contributed by atoms with van der Waals surface area (Å²) in [7, 11) is 0. The van der Waals surface area contributed by atoms with Crippen LogP contribution in [-0.2, 0) is 4.74 Å². The summed E-state index contributed by atoms with van der Waals surface area (Å²) >= 11 is 0. The zero-order chi connectivity index (χ0) is 15.0. The Morgan fingerprint density at radius 2 is 1.71 bits per heavy atom. The first-order valence-electron chi connectivity index (χ1n) is 5.70. The van der Waals surface area contributed by atoms with Crippen LogP contribution >= 0.6 is 0 Å². The molecule has 1 aliphatic heterocycles. The Kier molecular flexibility index (Phi) is 6.13. The predicted molar refractivity (Wildman–Crippen MR) is 59.8 cm³/mol. The number of ether oxygens (including phenoxy) is 1. The fraction of sp³-hybridized carbons (Fsp3) is 0.600. The van der Waals surface area contributed by atoms with Gasteiger partial charge in [-0.05, 0) is 5.88 Å². The normalized spacial score (nSPS) is 32.5. The summed E-state index contributed by atoms with van der Waals surface area (Å²) in [4.78, 5) is 26.1. The molecule has 2 rings (SSSR count). The molecule has 1 aromatic heterocycles. The van der Waals surface area contributed by atoms with Gasteiger partial charge in [0.15, 0.2) is 0 Å². The van der Waals surface area contributed by atoms with E-state index in [2.05, 4.69) is 0 Å². The van der Waals surface area contributed by atoms with Crippen LogP contribution in [0.3, 0.4) is 0 Å². The molecule has 0 aromatic carbocycles. The average molecular weight is 312 g/mol. The van der Waals surface area contributed by atoms with Gasteiger partial charge in [-0.15, -0.1) is 0 Å². The van der Waals surface area contributed by atoms with Gasteiger partial charge in [0.2, 0.25) is 0 Å². The van der Waals surface area contributed by atoms with Gasteiger partial charge in [-0.25, -0.2) is 4.79 Å². The largest absolute Gasteiger partial charge is 1.00 e. The third-order valence-electron chi connectivity index (χ3n) is 3.12. The first-order valence-corrected chi connectivity index (χ1v) is 5.70. The second-order valence-electron chi connectivity index (χ2n) is 4.40. The maximum atomic E-state index is 11.6. The van der Waals surface area contributed by atoms with E-state index in [9.17, 15) is 30.0 Å². The van der Waals surface area contributed by atoms with E-state index in [0.29, 0.717) is 0 Å². The van der Waals surface area contributed by atoms with Crippen molar-refractivity contribution in [2.24, 2.45) is 0 Å². The molecule has 5 atom stereocenters. The minimum absolute atomic E-state index is 0. The molecular formula is C10H13N2NaO8. The van der Waals surface area contributed by atoms with Crippen molar-refractivity contribution < 1.29 is 59.8 Å². The number of H-pyrrole nitrogens is 2. The van der Waals surface area contributed by atoms with Gasteiger partial charge in [0.1, 0.15) is 30.5 Å². The van der Waals surface area contributed by atoms with E-state index in [-0.39, 0.29) is 29.6 Å². The molecule has 1 saturated heterocycles. The molecule has 0 bridgehead atoms. The topological polar surface area (TPSA) is 179 Å². The van der Waals surface area contributed by atoms with Gasteiger partial charge >= 0.3 is 35.2 Å². The summed E-state index contributed by atoms with van der Waals surface area (Å²) in [6, 6.07) is 0. The standard InChI is InChI=1S/C10H14N2O8.Na/c13-1-2-4(14)5(15)6(16)7(20-2)3-8(17)11-10(19)12-9(3)18;/h2,4-7,13-16H,1H2,(H3,11,12,17,18,19);/q;+1/p-1/t2-,4-,5+,6-,7+;/m1./s1. The quantitative estimate of drug-likeness (QED) is 0.291. The molecule has 1 fully saturated rings. The third-order valence-corrected chi connectivity index (χ3v) is 3.12. The van der Waals surface area contributed by atoms with Crippen molar-refractivity contribution in [3.8, 4) is 5.88 Å². The van der Waals surface area contributed by atoms with Crippen LogP contribution in [0, 0.1) is 0 Å². The summed E-state index contributed by atoms with van der Waals surface area (Å²) in [5.41, 5.74) is -2.72. The zero-order valence-electron chi connectivity index (χ0n) is 11.0. The van der Waals surface area contributed by atoms with E-state index in [1.165, 1.54) is 0 Å². The van der Waals surface area contributed by atoms with E-state index < -0.39 is 59.8 Å². The Morgan fingerprint density at radius 1 is 1.10 bits per heavy atom. The molecule has 1 aliphatic rings. The molecule has 10 nitrogen and oxygen atoms in total. The van der Waals surface area contributed by atoms with E-state index in [4.69, 9.17) is 9.84 Å². The van der Waals surface area contributed by atoms with Crippen LogP contribution in [0.15, 0.2) is 9.59 Å². The zero-order valence-corrected chi connectivity index (χ0v) is 13.0. The molecule has 0 aliphatic carbocycles. The Labute approximate surface area is 139 Å². The molecule has 0 spiro atoms. The van der Waals surface area contributed by atoms with Crippen LogP contribution in [0.2, 0.25) is 0 Å². The fourth-order valence-corrected chi connectivity index (χ4v) is 2.07. The van der Waals surface area contributed by atoms with Crippen molar-refractivity contribution in [2.45, 2.75) is 30.5 Å². The van der Waals surface area contributed by atoms with Gasteiger partial charge in [0, 0.05) is 0 Å². The average Bonchev–Trinajstić information content (AvgIpc) is 2.37. The van der Waals surface area contributed by atoms with Crippen molar-refractivity contribution in [1.29, 1.82) is 0 Å². The molecule has 21 heavy (non-hydrogen) atoms. The van der Waals surface area contributed by atoms with Crippen molar-refractivity contribution in [3.63, 3.8) is 0 Å². The molecule has 0 amide bonds. The van der Waals surface area contributed by atoms with Crippen molar-refractivity contribution >= 4 is 0 Å². The molecule has 0 saturated carbocycles. The molecule has 2 heterocycles. The molecular weight excluding hydrogens is 299 g/mol. The molecule has 0 unspecified atom stereocenters. The van der Waals surface area contributed by atoms with Crippen LogP contribution in [0.1, 0.15) is 11.7 Å². The summed E-state index contributed by atoms with van der Waals surface area (Å²) in [5, 5.41) is 49.6. The number of aromatic nitrogens is 2. The van der Waals surface area contributed by atoms with Gasteiger partial charge in [-0.3, -0.25) is 9.78 Å². The van der Waals surface area contributed by atoms with Crippen molar-refractivity contribution in [3.05, 3.63) is 26.4 Å². The van der Waals surface area contributed by atoms with E-state index >= 15 is 0 Å². The maximum absolute atomic E-state index is 11.6. The Morgan fingerprint density at radius 3 is 2.24 bits per heavy atom. The predicted octanol–water partition coefficient (Wildman–Crippen LogP) is -7.34. The van der Waals surface area contributed by atoms with Gasteiger partial charge in [-0.2, -0.15) is 0 Å². The van der Waals surface area contributed by atoms with Gasteiger partial charge in [0.05, 0.1) is 12.2 Å². The van der Waals surface area contributed by atoms with E-state index in [1.807, 2.05) is 0 Å². The smallest absolute Gasteiger partial charge is 0.860 e. The van der Waals surface area contributed by atoms with Crippen molar-refractivity contribution in [2.75, 3.05) is 6.61 Å². The monoisotopic (exact) mass is 312 g/mol. The summed E-state index contributed by atoms with van der Waals surface area (Å²) in [5.74, 6) is -1.08. The number of aliphatic hydroxyl groups is 4. The summed E-state index contributed by atoms with van der Waals surface area (Å²) < 4.78 is 5.07. The molecule has 0 radical (unpaired) electrons. The number of nitrogens with one attached hydrogen (secondary N) is 2. The van der Waals surface area contributed by atoms with Crippen molar-refractivity contribution in [1.82, 2.24) is 9.97 Å². The number of hydrogen-bond acceptors (Lipinski definition) is 8. The van der Waals surface area contributed by atoms with E-state index in [0.717, 1.165) is 0 Å². The van der Waals surface area contributed by atoms with Crippen LogP contribution in [0.25, 0.3) is 0 Å². The summed E-state index contributed by atoms with van der Waals surface area (Å²) in [6.07, 6.45) is -7.95. The second-order valence-corrected chi connectivity index (χ2v) is 4.40. The van der Waals surface area contributed by atoms with Crippen LogP contribution in [0.4, 0.5) is 0 Å². The third kappa shape index (κ3) is 3.38. The Hall–Kier alpha value is -0.720. The molecule has 1 aromatic rings. The Bertz CT molecular complexity index is 599. The van der Waals surface area contributed by atoms with Gasteiger partial charge < -0.3 is 35.3 Å². The first-order chi connectivity index (χ1) is 9.36.